The summed E-state index contributed by atoms with van der Waals surface area (Å²) in [6.45, 7) is 4.77. The van der Waals surface area contributed by atoms with E-state index < -0.39 is 12.1 Å². The zero-order valence-electron chi connectivity index (χ0n) is 8.53. The first-order valence-electron chi connectivity index (χ1n) is 5.27. The fourth-order valence-corrected chi connectivity index (χ4v) is 1.44. The topological polar surface area (TPSA) is 12.0 Å². The molecule has 0 aromatic carbocycles. The second-order valence-corrected chi connectivity index (χ2v) is 4.27. The standard InChI is InChI=1S/C6H13N.C4H5F3/c1-6-3-2-4-7-5-6;5-4(6,7)3-1-2-3/h6-7H,2-5H2,1H3;3H,1-2H2. The van der Waals surface area contributed by atoms with Crippen molar-refractivity contribution in [2.75, 3.05) is 13.1 Å². The number of piperidine rings is 1. The van der Waals surface area contributed by atoms with Gasteiger partial charge in [-0.05, 0) is 44.7 Å². The summed E-state index contributed by atoms with van der Waals surface area (Å²) in [6.07, 6.45) is -0.388. The van der Waals surface area contributed by atoms with Gasteiger partial charge >= 0.3 is 6.18 Å². The zero-order valence-corrected chi connectivity index (χ0v) is 8.53. The SMILES string of the molecule is CC1CCCNC1.FC(F)(F)C1CC1. The van der Waals surface area contributed by atoms with Crippen molar-refractivity contribution in [1.29, 1.82) is 0 Å². The van der Waals surface area contributed by atoms with Gasteiger partial charge in [0.1, 0.15) is 0 Å². The number of halogens is 3. The van der Waals surface area contributed by atoms with Crippen molar-refractivity contribution < 1.29 is 13.2 Å². The summed E-state index contributed by atoms with van der Waals surface area (Å²) < 4.78 is 33.7. The minimum Gasteiger partial charge on any atom is -0.316 e. The summed E-state index contributed by atoms with van der Waals surface area (Å²) >= 11 is 0. The van der Waals surface area contributed by atoms with Crippen LogP contribution in [0.2, 0.25) is 0 Å². The first-order valence-corrected chi connectivity index (χ1v) is 5.27. The molecular formula is C10H18F3N. The fourth-order valence-electron chi connectivity index (χ4n) is 1.44. The van der Waals surface area contributed by atoms with Crippen LogP contribution in [-0.2, 0) is 0 Å². The van der Waals surface area contributed by atoms with Gasteiger partial charge in [0.2, 0.25) is 0 Å². The maximum absolute atomic E-state index is 11.2. The Bertz CT molecular complexity index is 157. The van der Waals surface area contributed by atoms with Gasteiger partial charge < -0.3 is 5.32 Å². The average molecular weight is 209 g/mol. The molecular weight excluding hydrogens is 191 g/mol. The number of hydrogen-bond acceptors (Lipinski definition) is 1. The van der Waals surface area contributed by atoms with Gasteiger partial charge in [-0.2, -0.15) is 13.2 Å². The van der Waals surface area contributed by atoms with Crippen LogP contribution in [0.4, 0.5) is 13.2 Å². The van der Waals surface area contributed by atoms with E-state index >= 15 is 0 Å². The predicted octanol–water partition coefficient (Wildman–Crippen LogP) is 2.96. The highest BCUT2D eigenvalue weighted by atomic mass is 19.4. The molecule has 0 spiro atoms. The highest BCUT2D eigenvalue weighted by Crippen LogP contribution is 2.43. The maximum Gasteiger partial charge on any atom is 0.391 e. The number of hydrogen-bond donors (Lipinski definition) is 1. The summed E-state index contributed by atoms with van der Waals surface area (Å²) in [6, 6.07) is 0. The van der Waals surface area contributed by atoms with Crippen LogP contribution in [0.15, 0.2) is 0 Å². The van der Waals surface area contributed by atoms with E-state index in [0.29, 0.717) is 12.8 Å². The largest absolute Gasteiger partial charge is 0.391 e. The molecule has 1 aliphatic heterocycles. The van der Waals surface area contributed by atoms with Gasteiger partial charge in [-0.25, -0.2) is 0 Å². The van der Waals surface area contributed by atoms with Crippen LogP contribution in [-0.4, -0.2) is 19.3 Å². The molecule has 0 amide bonds. The first kappa shape index (κ1) is 11.8. The molecule has 2 fully saturated rings. The molecule has 1 saturated heterocycles. The molecule has 84 valence electrons. The second-order valence-electron chi connectivity index (χ2n) is 4.27. The molecule has 0 aromatic heterocycles. The van der Waals surface area contributed by atoms with Crippen LogP contribution in [0.5, 0.6) is 0 Å². The Hall–Kier alpha value is -0.250. The number of rotatable bonds is 0. The lowest BCUT2D eigenvalue weighted by Gasteiger charge is -2.17. The van der Waals surface area contributed by atoms with E-state index in [-0.39, 0.29) is 0 Å². The van der Waals surface area contributed by atoms with Crippen LogP contribution in [0, 0.1) is 11.8 Å². The minimum absolute atomic E-state index is 0.351. The summed E-state index contributed by atoms with van der Waals surface area (Å²) in [7, 11) is 0. The highest BCUT2D eigenvalue weighted by Gasteiger charge is 2.46. The van der Waals surface area contributed by atoms with E-state index in [9.17, 15) is 13.2 Å². The molecule has 1 atom stereocenters. The predicted molar refractivity (Wildman–Crippen MR) is 50.0 cm³/mol. The molecule has 1 heterocycles. The second kappa shape index (κ2) is 5.01. The van der Waals surface area contributed by atoms with E-state index in [1.165, 1.54) is 25.9 Å². The molecule has 0 bridgehead atoms. The van der Waals surface area contributed by atoms with Crippen molar-refractivity contribution in [1.82, 2.24) is 5.32 Å². The van der Waals surface area contributed by atoms with Gasteiger partial charge in [0.25, 0.3) is 0 Å². The van der Waals surface area contributed by atoms with Crippen molar-refractivity contribution in [3.8, 4) is 0 Å². The van der Waals surface area contributed by atoms with Crippen molar-refractivity contribution in [2.24, 2.45) is 11.8 Å². The van der Waals surface area contributed by atoms with E-state index in [2.05, 4.69) is 12.2 Å². The lowest BCUT2D eigenvalue weighted by atomic mass is 10.0. The number of alkyl halides is 3. The maximum atomic E-state index is 11.2. The van der Waals surface area contributed by atoms with E-state index in [1.54, 1.807) is 0 Å². The molecule has 2 aliphatic rings. The molecule has 0 radical (unpaired) electrons. The third-order valence-corrected chi connectivity index (χ3v) is 2.58. The Kier molecular flexibility index (Phi) is 4.23. The smallest absolute Gasteiger partial charge is 0.316 e. The van der Waals surface area contributed by atoms with E-state index in [0.717, 1.165) is 5.92 Å². The van der Waals surface area contributed by atoms with Crippen LogP contribution in [0.25, 0.3) is 0 Å². The molecule has 1 unspecified atom stereocenters. The highest BCUT2D eigenvalue weighted by molar-refractivity contribution is 4.79. The Balaban J connectivity index is 0.000000140. The molecule has 2 rings (SSSR count). The van der Waals surface area contributed by atoms with Crippen LogP contribution < -0.4 is 5.32 Å². The molecule has 1 aliphatic carbocycles. The first-order chi connectivity index (χ1) is 6.50. The van der Waals surface area contributed by atoms with E-state index in [4.69, 9.17) is 0 Å². The molecule has 1 saturated carbocycles. The van der Waals surface area contributed by atoms with Crippen molar-refractivity contribution in [2.45, 2.75) is 38.8 Å². The molecule has 14 heavy (non-hydrogen) atoms. The Morgan fingerprint density at radius 2 is 1.79 bits per heavy atom. The van der Waals surface area contributed by atoms with E-state index in [1.807, 2.05) is 0 Å². The Labute approximate surface area is 83.1 Å². The van der Waals surface area contributed by atoms with Crippen molar-refractivity contribution in [3.63, 3.8) is 0 Å². The lowest BCUT2D eigenvalue weighted by Crippen LogP contribution is -2.27. The summed E-state index contributed by atoms with van der Waals surface area (Å²) in [5, 5.41) is 3.33. The Morgan fingerprint density at radius 3 is 1.93 bits per heavy atom. The minimum atomic E-state index is -3.89. The zero-order chi connectivity index (χ0) is 10.6. The Morgan fingerprint density at radius 1 is 1.14 bits per heavy atom. The molecule has 0 aromatic rings. The van der Waals surface area contributed by atoms with Crippen LogP contribution in [0.1, 0.15) is 32.6 Å². The number of nitrogens with one attached hydrogen (secondary N) is 1. The molecule has 4 heteroatoms. The molecule has 1 nitrogen and oxygen atoms in total. The van der Waals surface area contributed by atoms with Gasteiger partial charge in [-0.1, -0.05) is 6.92 Å². The quantitative estimate of drug-likeness (QED) is 0.646. The normalized spacial score (nSPS) is 27.9. The van der Waals surface area contributed by atoms with Gasteiger partial charge in [-0.15, -0.1) is 0 Å². The van der Waals surface area contributed by atoms with Crippen molar-refractivity contribution >= 4 is 0 Å². The van der Waals surface area contributed by atoms with Gasteiger partial charge in [0, 0.05) is 0 Å². The summed E-state index contributed by atoms with van der Waals surface area (Å²) in [5.41, 5.74) is 0. The summed E-state index contributed by atoms with van der Waals surface area (Å²) in [5.74, 6) is -0.0266. The van der Waals surface area contributed by atoms with Gasteiger partial charge in [0.15, 0.2) is 0 Å². The van der Waals surface area contributed by atoms with Gasteiger partial charge in [-0.3, -0.25) is 0 Å². The third kappa shape index (κ3) is 4.84. The van der Waals surface area contributed by atoms with Gasteiger partial charge in [0.05, 0.1) is 5.92 Å². The van der Waals surface area contributed by atoms with Crippen molar-refractivity contribution in [3.05, 3.63) is 0 Å². The van der Waals surface area contributed by atoms with Crippen LogP contribution >= 0.6 is 0 Å². The monoisotopic (exact) mass is 209 g/mol. The summed E-state index contributed by atoms with van der Waals surface area (Å²) in [4.78, 5) is 0. The fraction of sp³-hybridized carbons (Fsp3) is 1.00. The lowest BCUT2D eigenvalue weighted by molar-refractivity contribution is -0.147. The third-order valence-electron chi connectivity index (χ3n) is 2.58. The molecule has 1 N–H and O–H groups in total. The van der Waals surface area contributed by atoms with Crippen LogP contribution in [0.3, 0.4) is 0 Å². The average Bonchev–Trinajstić information content (AvgIpc) is 2.86.